The average Bonchev–Trinajstić information content (AvgIpc) is 3.38. The first-order valence-electron chi connectivity index (χ1n) is 10.7. The summed E-state index contributed by atoms with van der Waals surface area (Å²) in [5.41, 5.74) is 6.81. The third kappa shape index (κ3) is 3.91. The first-order chi connectivity index (χ1) is 14.1. The zero-order valence-electron chi connectivity index (χ0n) is 17.7. The fourth-order valence-electron chi connectivity index (χ4n) is 4.55. The smallest absolute Gasteiger partial charge is 0.258 e. The van der Waals surface area contributed by atoms with E-state index in [2.05, 4.69) is 60.4 Å². The summed E-state index contributed by atoms with van der Waals surface area (Å²) in [4.78, 5) is 4.67. The molecule has 5 heteroatoms. The van der Waals surface area contributed by atoms with E-state index in [1.807, 2.05) is 6.08 Å². The monoisotopic (exact) mass is 390 g/mol. The van der Waals surface area contributed by atoms with Crippen molar-refractivity contribution in [3.63, 3.8) is 0 Å². The lowest BCUT2D eigenvalue weighted by molar-refractivity contribution is 0.417. The lowest BCUT2D eigenvalue weighted by Gasteiger charge is -2.22. The molecule has 0 unspecified atom stereocenters. The summed E-state index contributed by atoms with van der Waals surface area (Å²) in [5.74, 6) is 1.70. The van der Waals surface area contributed by atoms with Crippen molar-refractivity contribution in [3.05, 3.63) is 53.2 Å². The minimum absolute atomic E-state index is 0.543. The van der Waals surface area contributed by atoms with Gasteiger partial charge < -0.3 is 4.52 Å². The van der Waals surface area contributed by atoms with Crippen LogP contribution in [0.15, 0.2) is 35.4 Å². The molecule has 5 nitrogen and oxygen atoms in total. The maximum atomic E-state index is 5.61. The molecule has 3 aromatic rings. The summed E-state index contributed by atoms with van der Waals surface area (Å²) >= 11 is 0. The molecule has 4 rings (SSSR count). The van der Waals surface area contributed by atoms with E-state index in [1.54, 1.807) is 0 Å². The van der Waals surface area contributed by atoms with Crippen molar-refractivity contribution in [3.8, 4) is 23.0 Å². The highest BCUT2D eigenvalue weighted by Gasteiger charge is 2.23. The molecule has 1 fully saturated rings. The lowest BCUT2D eigenvalue weighted by Crippen LogP contribution is -2.11. The van der Waals surface area contributed by atoms with E-state index in [0.29, 0.717) is 17.6 Å². The number of aromatic nitrogens is 4. The largest absolute Gasteiger partial charge is 0.334 e. The van der Waals surface area contributed by atoms with Crippen LogP contribution < -0.4 is 0 Å². The second-order valence-corrected chi connectivity index (χ2v) is 8.11. The minimum atomic E-state index is 0.543. The van der Waals surface area contributed by atoms with Crippen LogP contribution in [0.3, 0.4) is 0 Å². The number of benzene rings is 1. The fraction of sp³-hybridized carbons (Fsp3) is 0.458. The molecule has 0 amide bonds. The normalized spacial score (nSPS) is 15.0. The van der Waals surface area contributed by atoms with Gasteiger partial charge in [-0.1, -0.05) is 30.5 Å². The summed E-state index contributed by atoms with van der Waals surface area (Å²) in [6.07, 6.45) is 9.27. The SMILES string of the molecule is C=CCc1c(C)cc(-c2nc(-c3cc(C4CCCCC4)n(CC)n3)no2)cc1C. The van der Waals surface area contributed by atoms with Gasteiger partial charge in [-0.3, -0.25) is 4.68 Å². The number of hydrogen-bond acceptors (Lipinski definition) is 4. The lowest BCUT2D eigenvalue weighted by atomic mass is 9.87. The van der Waals surface area contributed by atoms with Gasteiger partial charge >= 0.3 is 0 Å². The van der Waals surface area contributed by atoms with Crippen LogP contribution in [-0.2, 0) is 13.0 Å². The molecule has 0 bridgehead atoms. The predicted molar refractivity (Wildman–Crippen MR) is 116 cm³/mol. The van der Waals surface area contributed by atoms with Crippen molar-refractivity contribution in [2.75, 3.05) is 0 Å². The van der Waals surface area contributed by atoms with Crippen LogP contribution in [0.1, 0.15) is 67.3 Å². The molecule has 2 aromatic heterocycles. The molecular weight excluding hydrogens is 360 g/mol. The first-order valence-corrected chi connectivity index (χ1v) is 10.7. The standard InChI is InChI=1S/C24H30N4O/c1-5-10-20-16(3)13-19(14-17(20)4)24-25-23(27-29-24)21-15-22(28(6-2)26-21)18-11-8-7-9-12-18/h5,13-15,18H,1,6-12H2,2-4H3. The van der Waals surface area contributed by atoms with Crippen molar-refractivity contribution in [1.29, 1.82) is 0 Å². The molecule has 0 radical (unpaired) electrons. The van der Waals surface area contributed by atoms with Crippen LogP contribution in [0, 0.1) is 13.8 Å². The highest BCUT2D eigenvalue weighted by Crippen LogP contribution is 2.34. The van der Waals surface area contributed by atoms with E-state index >= 15 is 0 Å². The summed E-state index contributed by atoms with van der Waals surface area (Å²) in [5, 5.41) is 9.01. The molecule has 2 heterocycles. The van der Waals surface area contributed by atoms with E-state index in [-0.39, 0.29) is 0 Å². The first kappa shape index (κ1) is 19.6. The summed E-state index contributed by atoms with van der Waals surface area (Å²) in [6, 6.07) is 6.39. The predicted octanol–water partition coefficient (Wildman–Crippen LogP) is 6.01. The molecule has 152 valence electrons. The Balaban J connectivity index is 1.64. The molecule has 1 saturated carbocycles. The quantitative estimate of drug-likeness (QED) is 0.483. The topological polar surface area (TPSA) is 56.7 Å². The zero-order valence-corrected chi connectivity index (χ0v) is 17.7. The highest BCUT2D eigenvalue weighted by molar-refractivity contribution is 5.61. The second-order valence-electron chi connectivity index (χ2n) is 8.11. The third-order valence-corrected chi connectivity index (χ3v) is 6.08. The van der Waals surface area contributed by atoms with Gasteiger partial charge in [-0.15, -0.1) is 6.58 Å². The van der Waals surface area contributed by atoms with Crippen LogP contribution in [-0.4, -0.2) is 19.9 Å². The number of aryl methyl sites for hydroxylation is 3. The maximum absolute atomic E-state index is 5.61. The van der Waals surface area contributed by atoms with Crippen molar-refractivity contribution < 1.29 is 4.52 Å². The van der Waals surface area contributed by atoms with Crippen molar-refractivity contribution in [1.82, 2.24) is 19.9 Å². The van der Waals surface area contributed by atoms with Crippen molar-refractivity contribution >= 4 is 0 Å². The average molecular weight is 391 g/mol. The highest BCUT2D eigenvalue weighted by atomic mass is 16.5. The fourth-order valence-corrected chi connectivity index (χ4v) is 4.55. The van der Waals surface area contributed by atoms with E-state index in [9.17, 15) is 0 Å². The number of hydrogen-bond donors (Lipinski definition) is 0. The Hall–Kier alpha value is -2.69. The zero-order chi connectivity index (χ0) is 20.4. The molecule has 0 saturated heterocycles. The van der Waals surface area contributed by atoms with Crippen LogP contribution in [0.5, 0.6) is 0 Å². The molecule has 0 spiro atoms. The van der Waals surface area contributed by atoms with Gasteiger partial charge in [-0.05, 0) is 74.9 Å². The van der Waals surface area contributed by atoms with Crippen molar-refractivity contribution in [2.45, 2.75) is 71.8 Å². The molecule has 1 aromatic carbocycles. The molecular formula is C24H30N4O. The Labute approximate surface area is 172 Å². The van der Waals surface area contributed by atoms with E-state index in [1.165, 1.54) is 54.5 Å². The Bertz CT molecular complexity index is 985. The van der Waals surface area contributed by atoms with Gasteiger partial charge in [-0.2, -0.15) is 10.1 Å². The molecule has 29 heavy (non-hydrogen) atoms. The Morgan fingerprint density at radius 3 is 2.52 bits per heavy atom. The summed E-state index contributed by atoms with van der Waals surface area (Å²) in [7, 11) is 0. The van der Waals surface area contributed by atoms with Gasteiger partial charge in [-0.25, -0.2) is 0 Å². The van der Waals surface area contributed by atoms with Gasteiger partial charge in [0.15, 0.2) is 0 Å². The Morgan fingerprint density at radius 2 is 1.86 bits per heavy atom. The van der Waals surface area contributed by atoms with Gasteiger partial charge in [0.2, 0.25) is 5.82 Å². The van der Waals surface area contributed by atoms with Crippen LogP contribution in [0.2, 0.25) is 0 Å². The number of allylic oxidation sites excluding steroid dienone is 1. The summed E-state index contributed by atoms with van der Waals surface area (Å²) < 4.78 is 7.72. The van der Waals surface area contributed by atoms with Gasteiger partial charge in [0.05, 0.1) is 0 Å². The summed E-state index contributed by atoms with van der Waals surface area (Å²) in [6.45, 7) is 11.1. The molecule has 0 aliphatic heterocycles. The third-order valence-electron chi connectivity index (χ3n) is 6.08. The van der Waals surface area contributed by atoms with Gasteiger partial charge in [0, 0.05) is 23.7 Å². The number of nitrogens with zero attached hydrogens (tertiary/aromatic N) is 4. The van der Waals surface area contributed by atoms with Gasteiger partial charge in [0.25, 0.3) is 5.89 Å². The maximum Gasteiger partial charge on any atom is 0.258 e. The molecule has 1 aliphatic carbocycles. The van der Waals surface area contributed by atoms with Gasteiger partial charge in [0.1, 0.15) is 5.69 Å². The van der Waals surface area contributed by atoms with E-state index in [4.69, 9.17) is 9.62 Å². The van der Waals surface area contributed by atoms with Crippen LogP contribution in [0.25, 0.3) is 23.0 Å². The molecule has 0 N–H and O–H groups in total. The van der Waals surface area contributed by atoms with E-state index < -0.39 is 0 Å². The van der Waals surface area contributed by atoms with E-state index in [0.717, 1.165) is 24.2 Å². The van der Waals surface area contributed by atoms with Crippen LogP contribution in [0.4, 0.5) is 0 Å². The molecule has 1 aliphatic rings. The van der Waals surface area contributed by atoms with Crippen LogP contribution >= 0.6 is 0 Å². The molecule has 0 atom stereocenters. The Kier molecular flexibility index (Phi) is 5.65. The Morgan fingerprint density at radius 1 is 1.14 bits per heavy atom. The number of rotatable bonds is 6. The van der Waals surface area contributed by atoms with Crippen molar-refractivity contribution in [2.24, 2.45) is 0 Å². The second kappa shape index (κ2) is 8.36. The minimum Gasteiger partial charge on any atom is -0.334 e.